The molecule has 1 atom stereocenters. The molecule has 1 unspecified atom stereocenters. The third kappa shape index (κ3) is 17.2. The Morgan fingerprint density at radius 2 is 1.38 bits per heavy atom. The molecule has 26 heavy (non-hydrogen) atoms. The first-order valence-electron chi connectivity index (χ1n) is 10.4. The lowest BCUT2D eigenvalue weighted by atomic mass is 10.1. The van der Waals surface area contributed by atoms with Crippen LogP contribution in [0.5, 0.6) is 0 Å². The summed E-state index contributed by atoms with van der Waals surface area (Å²) < 4.78 is 0. The van der Waals surface area contributed by atoms with Gasteiger partial charge in [-0.05, 0) is 51.4 Å². The summed E-state index contributed by atoms with van der Waals surface area (Å²) in [6, 6.07) is -0.314. The Kier molecular flexibility index (Phi) is 18.4. The van der Waals surface area contributed by atoms with E-state index < -0.39 is 0 Å². The van der Waals surface area contributed by atoms with Crippen molar-refractivity contribution in [2.24, 2.45) is 0 Å². The SMILES string of the molecule is CCCCC/C=C\C/C=C\C/C=C\CCCCC(=O)NC(C=O)CCC. The van der Waals surface area contributed by atoms with Crippen molar-refractivity contribution >= 4 is 12.2 Å². The van der Waals surface area contributed by atoms with Crippen molar-refractivity contribution in [2.75, 3.05) is 0 Å². The number of hydrogen-bond donors (Lipinski definition) is 1. The first-order valence-corrected chi connectivity index (χ1v) is 10.4. The van der Waals surface area contributed by atoms with E-state index in [9.17, 15) is 9.59 Å². The van der Waals surface area contributed by atoms with Crippen molar-refractivity contribution < 1.29 is 9.59 Å². The van der Waals surface area contributed by atoms with E-state index in [4.69, 9.17) is 0 Å². The maximum Gasteiger partial charge on any atom is 0.220 e. The molecular formula is C23H39NO2. The maximum atomic E-state index is 11.7. The Balaban J connectivity index is 3.54. The molecule has 0 saturated carbocycles. The van der Waals surface area contributed by atoms with Crippen LogP contribution in [0.4, 0.5) is 0 Å². The van der Waals surface area contributed by atoms with Crippen molar-refractivity contribution in [1.29, 1.82) is 0 Å². The van der Waals surface area contributed by atoms with Crippen LogP contribution in [0, 0.1) is 0 Å². The van der Waals surface area contributed by atoms with Crippen molar-refractivity contribution in [3.8, 4) is 0 Å². The molecule has 0 aromatic carbocycles. The van der Waals surface area contributed by atoms with Gasteiger partial charge in [0.25, 0.3) is 0 Å². The Bertz CT molecular complexity index is 424. The lowest BCUT2D eigenvalue weighted by Crippen LogP contribution is -2.35. The van der Waals surface area contributed by atoms with Gasteiger partial charge in [0.05, 0.1) is 6.04 Å². The van der Waals surface area contributed by atoms with Gasteiger partial charge in [0.1, 0.15) is 6.29 Å². The summed E-state index contributed by atoms with van der Waals surface area (Å²) in [5.41, 5.74) is 0. The highest BCUT2D eigenvalue weighted by Crippen LogP contribution is 2.03. The van der Waals surface area contributed by atoms with Gasteiger partial charge >= 0.3 is 0 Å². The van der Waals surface area contributed by atoms with E-state index in [1.54, 1.807) is 0 Å². The van der Waals surface area contributed by atoms with Crippen LogP contribution in [-0.4, -0.2) is 18.2 Å². The molecule has 0 aromatic rings. The minimum absolute atomic E-state index is 0.00906. The smallest absolute Gasteiger partial charge is 0.220 e. The van der Waals surface area contributed by atoms with Crippen LogP contribution in [0.15, 0.2) is 36.5 Å². The number of nitrogens with one attached hydrogen (secondary N) is 1. The van der Waals surface area contributed by atoms with Crippen LogP contribution in [-0.2, 0) is 9.59 Å². The molecule has 0 rings (SSSR count). The second-order valence-corrected chi connectivity index (χ2v) is 6.73. The van der Waals surface area contributed by atoms with Gasteiger partial charge in [-0.1, -0.05) is 69.6 Å². The molecule has 0 aliphatic heterocycles. The quantitative estimate of drug-likeness (QED) is 0.194. The monoisotopic (exact) mass is 361 g/mol. The highest BCUT2D eigenvalue weighted by molar-refractivity contribution is 5.79. The van der Waals surface area contributed by atoms with Crippen LogP contribution >= 0.6 is 0 Å². The Hall–Kier alpha value is -1.64. The molecule has 0 fully saturated rings. The van der Waals surface area contributed by atoms with Gasteiger partial charge in [-0.2, -0.15) is 0 Å². The first kappa shape index (κ1) is 24.4. The molecule has 1 N–H and O–H groups in total. The molecular weight excluding hydrogens is 322 g/mol. The predicted octanol–water partition coefficient (Wildman–Crippen LogP) is 6.06. The van der Waals surface area contributed by atoms with Crippen molar-refractivity contribution in [2.45, 2.75) is 96.9 Å². The van der Waals surface area contributed by atoms with Gasteiger partial charge in [0.2, 0.25) is 5.91 Å². The zero-order valence-corrected chi connectivity index (χ0v) is 16.9. The number of amides is 1. The van der Waals surface area contributed by atoms with E-state index >= 15 is 0 Å². The topological polar surface area (TPSA) is 46.2 Å². The highest BCUT2D eigenvalue weighted by Gasteiger charge is 2.09. The summed E-state index contributed by atoms with van der Waals surface area (Å²) >= 11 is 0. The fourth-order valence-corrected chi connectivity index (χ4v) is 2.60. The fraction of sp³-hybridized carbons (Fsp3) is 0.652. The van der Waals surface area contributed by atoms with Gasteiger partial charge in [-0.15, -0.1) is 0 Å². The molecule has 0 aliphatic rings. The minimum atomic E-state index is -0.314. The molecule has 0 bridgehead atoms. The van der Waals surface area contributed by atoms with Gasteiger partial charge in [-0.25, -0.2) is 0 Å². The standard InChI is InChI=1S/C23H39NO2/c1-3-5-6-7-8-9-10-11-12-13-14-15-16-17-18-20-23(26)24-22(21-25)19-4-2/h8-9,11-12,14-15,21-22H,3-7,10,13,16-20H2,1-2H3,(H,24,26)/b9-8-,12-11-,15-14-. The molecule has 0 saturated heterocycles. The van der Waals surface area contributed by atoms with Crippen LogP contribution in [0.2, 0.25) is 0 Å². The van der Waals surface area contributed by atoms with Gasteiger partial charge < -0.3 is 10.1 Å². The second-order valence-electron chi connectivity index (χ2n) is 6.73. The lowest BCUT2D eigenvalue weighted by molar-refractivity contribution is -0.124. The van der Waals surface area contributed by atoms with Crippen LogP contribution in [0.25, 0.3) is 0 Å². The van der Waals surface area contributed by atoms with E-state index in [0.29, 0.717) is 6.42 Å². The zero-order valence-electron chi connectivity index (χ0n) is 16.9. The molecule has 0 aliphatic carbocycles. The molecule has 3 nitrogen and oxygen atoms in total. The zero-order chi connectivity index (χ0) is 19.3. The number of allylic oxidation sites excluding steroid dienone is 6. The van der Waals surface area contributed by atoms with Crippen molar-refractivity contribution in [1.82, 2.24) is 5.32 Å². The fourth-order valence-electron chi connectivity index (χ4n) is 2.60. The van der Waals surface area contributed by atoms with Crippen LogP contribution in [0.3, 0.4) is 0 Å². The summed E-state index contributed by atoms with van der Waals surface area (Å²) in [5.74, 6) is -0.00906. The highest BCUT2D eigenvalue weighted by atomic mass is 16.2. The second kappa shape index (κ2) is 19.7. The normalized spacial score (nSPS) is 13.0. The first-order chi connectivity index (χ1) is 12.7. The molecule has 0 aromatic heterocycles. The van der Waals surface area contributed by atoms with Gasteiger partial charge in [0.15, 0.2) is 0 Å². The number of carbonyl (C=O) groups excluding carboxylic acids is 2. The molecule has 0 heterocycles. The number of rotatable bonds is 17. The van der Waals surface area contributed by atoms with E-state index in [1.807, 2.05) is 6.92 Å². The number of hydrogen-bond acceptors (Lipinski definition) is 2. The predicted molar refractivity (Wildman–Crippen MR) is 112 cm³/mol. The third-order valence-electron chi connectivity index (χ3n) is 4.15. The van der Waals surface area contributed by atoms with Crippen molar-refractivity contribution in [3.05, 3.63) is 36.5 Å². The number of carbonyl (C=O) groups is 2. The van der Waals surface area contributed by atoms with Gasteiger partial charge in [0, 0.05) is 6.42 Å². The number of aldehydes is 1. The average Bonchev–Trinajstić information content (AvgIpc) is 2.64. The van der Waals surface area contributed by atoms with Crippen LogP contribution in [0.1, 0.15) is 90.9 Å². The molecule has 3 heteroatoms. The Labute approximate surface area is 161 Å². The Morgan fingerprint density at radius 3 is 1.92 bits per heavy atom. The molecule has 0 spiro atoms. The maximum absolute atomic E-state index is 11.7. The summed E-state index contributed by atoms with van der Waals surface area (Å²) in [7, 11) is 0. The minimum Gasteiger partial charge on any atom is -0.347 e. The molecule has 0 radical (unpaired) electrons. The summed E-state index contributed by atoms with van der Waals surface area (Å²) in [6.45, 7) is 4.24. The third-order valence-corrected chi connectivity index (χ3v) is 4.15. The van der Waals surface area contributed by atoms with Crippen LogP contribution < -0.4 is 5.32 Å². The van der Waals surface area contributed by atoms with E-state index in [2.05, 4.69) is 48.7 Å². The van der Waals surface area contributed by atoms with E-state index in [-0.39, 0.29) is 11.9 Å². The van der Waals surface area contributed by atoms with Gasteiger partial charge in [-0.3, -0.25) is 4.79 Å². The molecule has 1 amide bonds. The average molecular weight is 362 g/mol. The number of unbranched alkanes of at least 4 members (excludes halogenated alkanes) is 5. The van der Waals surface area contributed by atoms with E-state index in [0.717, 1.165) is 51.2 Å². The lowest BCUT2D eigenvalue weighted by Gasteiger charge is -2.11. The largest absolute Gasteiger partial charge is 0.347 e. The summed E-state index contributed by atoms with van der Waals surface area (Å²) in [4.78, 5) is 22.5. The van der Waals surface area contributed by atoms with Crippen molar-refractivity contribution in [3.63, 3.8) is 0 Å². The molecule has 148 valence electrons. The summed E-state index contributed by atoms with van der Waals surface area (Å²) in [6.07, 6.45) is 26.3. The van der Waals surface area contributed by atoms with E-state index in [1.165, 1.54) is 25.7 Å². The summed E-state index contributed by atoms with van der Waals surface area (Å²) in [5, 5.41) is 2.78. The Morgan fingerprint density at radius 1 is 0.808 bits per heavy atom.